The van der Waals surface area contributed by atoms with Crippen molar-refractivity contribution >= 4 is 21.7 Å². The first-order valence-electron chi connectivity index (χ1n) is 10.2. The molecule has 1 aliphatic heterocycles. The summed E-state index contributed by atoms with van der Waals surface area (Å²) in [5.41, 5.74) is 0.298. The SMILES string of the molecule is CC(C)CN(C(=O)COC(=O)c1ccc(Oc2ccccc2)cc1)C1CCS(=O)(=O)C1. The van der Waals surface area contributed by atoms with E-state index in [2.05, 4.69) is 0 Å². The summed E-state index contributed by atoms with van der Waals surface area (Å²) in [4.78, 5) is 26.6. The van der Waals surface area contributed by atoms with Crippen molar-refractivity contribution in [3.63, 3.8) is 0 Å². The monoisotopic (exact) mass is 445 g/mol. The van der Waals surface area contributed by atoms with Gasteiger partial charge in [0.15, 0.2) is 16.4 Å². The van der Waals surface area contributed by atoms with Gasteiger partial charge < -0.3 is 14.4 Å². The minimum absolute atomic E-state index is 0.0394. The molecule has 1 atom stereocenters. The van der Waals surface area contributed by atoms with E-state index in [-0.39, 0.29) is 29.4 Å². The summed E-state index contributed by atoms with van der Waals surface area (Å²) in [5, 5.41) is 0. The maximum atomic E-state index is 12.7. The second-order valence-corrected chi connectivity index (χ2v) is 10.2. The molecule has 8 heteroatoms. The number of hydrogen-bond acceptors (Lipinski definition) is 6. The normalized spacial score (nSPS) is 17.3. The first-order chi connectivity index (χ1) is 14.7. The standard InChI is InChI=1S/C23H27NO6S/c1-17(2)14-24(19-12-13-31(27,28)16-19)22(25)15-29-23(26)18-8-10-21(11-9-18)30-20-6-4-3-5-7-20/h3-11,17,19H,12-16H2,1-2H3. The Bertz CT molecular complexity index is 1000. The van der Waals surface area contributed by atoms with E-state index in [0.29, 0.717) is 30.0 Å². The molecular formula is C23H27NO6S. The lowest BCUT2D eigenvalue weighted by atomic mass is 10.1. The lowest BCUT2D eigenvalue weighted by Crippen LogP contribution is -2.45. The number of sulfone groups is 1. The Balaban J connectivity index is 1.57. The fraction of sp³-hybridized carbons (Fsp3) is 0.391. The van der Waals surface area contributed by atoms with Gasteiger partial charge >= 0.3 is 5.97 Å². The molecule has 1 fully saturated rings. The largest absolute Gasteiger partial charge is 0.457 e. The highest BCUT2D eigenvalue weighted by molar-refractivity contribution is 7.91. The van der Waals surface area contributed by atoms with E-state index in [9.17, 15) is 18.0 Å². The molecule has 1 unspecified atom stereocenters. The van der Waals surface area contributed by atoms with E-state index >= 15 is 0 Å². The molecule has 0 bridgehead atoms. The van der Waals surface area contributed by atoms with Crippen LogP contribution in [0.1, 0.15) is 30.6 Å². The van der Waals surface area contributed by atoms with Crippen LogP contribution in [0.2, 0.25) is 0 Å². The number of ether oxygens (including phenoxy) is 2. The minimum atomic E-state index is -3.12. The lowest BCUT2D eigenvalue weighted by Gasteiger charge is -2.29. The van der Waals surface area contributed by atoms with Crippen molar-refractivity contribution in [2.75, 3.05) is 24.7 Å². The zero-order valence-corrected chi connectivity index (χ0v) is 18.5. The fourth-order valence-electron chi connectivity index (χ4n) is 3.45. The van der Waals surface area contributed by atoms with Crippen molar-refractivity contribution in [3.05, 3.63) is 60.2 Å². The van der Waals surface area contributed by atoms with E-state index in [4.69, 9.17) is 9.47 Å². The van der Waals surface area contributed by atoms with Crippen LogP contribution < -0.4 is 4.74 Å². The van der Waals surface area contributed by atoms with Crippen molar-refractivity contribution < 1.29 is 27.5 Å². The highest BCUT2D eigenvalue weighted by atomic mass is 32.2. The Morgan fingerprint density at radius 1 is 1.03 bits per heavy atom. The molecule has 166 valence electrons. The van der Waals surface area contributed by atoms with Gasteiger partial charge in [0.2, 0.25) is 0 Å². The van der Waals surface area contributed by atoms with Crippen molar-refractivity contribution in [1.82, 2.24) is 4.90 Å². The van der Waals surface area contributed by atoms with Crippen molar-refractivity contribution in [2.24, 2.45) is 5.92 Å². The number of amides is 1. The van der Waals surface area contributed by atoms with E-state index in [1.165, 1.54) is 0 Å². The van der Waals surface area contributed by atoms with Gasteiger partial charge in [0.25, 0.3) is 5.91 Å². The van der Waals surface area contributed by atoms with Crippen LogP contribution in [0, 0.1) is 5.92 Å². The van der Waals surface area contributed by atoms with Gasteiger partial charge in [-0.15, -0.1) is 0 Å². The van der Waals surface area contributed by atoms with Gasteiger partial charge in [-0.2, -0.15) is 0 Å². The van der Waals surface area contributed by atoms with E-state index in [0.717, 1.165) is 0 Å². The second kappa shape index (κ2) is 9.96. The summed E-state index contributed by atoms with van der Waals surface area (Å²) in [6.07, 6.45) is 0.414. The molecule has 2 aromatic carbocycles. The predicted octanol–water partition coefficient (Wildman–Crippen LogP) is 3.31. The third-order valence-corrected chi connectivity index (χ3v) is 6.68. The molecule has 0 spiro atoms. The van der Waals surface area contributed by atoms with Crippen molar-refractivity contribution in [2.45, 2.75) is 26.3 Å². The summed E-state index contributed by atoms with van der Waals surface area (Å²) < 4.78 is 34.5. The molecular weight excluding hydrogens is 418 g/mol. The zero-order valence-electron chi connectivity index (χ0n) is 17.7. The van der Waals surface area contributed by atoms with Gasteiger partial charge in [-0.1, -0.05) is 32.0 Å². The molecule has 0 radical (unpaired) electrons. The fourth-order valence-corrected chi connectivity index (χ4v) is 5.18. The van der Waals surface area contributed by atoms with Crippen LogP contribution in [0.15, 0.2) is 54.6 Å². The van der Waals surface area contributed by atoms with Gasteiger partial charge in [-0.3, -0.25) is 4.79 Å². The molecule has 0 aromatic heterocycles. The van der Waals surface area contributed by atoms with Crippen LogP contribution >= 0.6 is 0 Å². The van der Waals surface area contributed by atoms with Gasteiger partial charge in [-0.25, -0.2) is 13.2 Å². The predicted molar refractivity (Wildman–Crippen MR) is 117 cm³/mol. The molecule has 0 N–H and O–H groups in total. The molecule has 2 aromatic rings. The molecule has 1 saturated heterocycles. The molecule has 0 saturated carbocycles. The van der Waals surface area contributed by atoms with Crippen LogP contribution in [0.5, 0.6) is 11.5 Å². The summed E-state index contributed by atoms with van der Waals surface area (Å²) in [5.74, 6) is 0.461. The Morgan fingerprint density at radius 3 is 2.26 bits per heavy atom. The Morgan fingerprint density at radius 2 is 1.68 bits per heavy atom. The van der Waals surface area contributed by atoms with Crippen LogP contribution in [0.3, 0.4) is 0 Å². The number of esters is 1. The summed E-state index contributed by atoms with van der Waals surface area (Å²) in [6.45, 7) is 3.90. The zero-order chi connectivity index (χ0) is 22.4. The first-order valence-corrected chi connectivity index (χ1v) is 12.1. The molecule has 1 heterocycles. The summed E-state index contributed by atoms with van der Waals surface area (Å²) in [6, 6.07) is 15.3. The number of nitrogens with zero attached hydrogens (tertiary/aromatic N) is 1. The maximum absolute atomic E-state index is 12.7. The van der Waals surface area contributed by atoms with Crippen molar-refractivity contribution in [3.8, 4) is 11.5 Å². The smallest absolute Gasteiger partial charge is 0.338 e. The van der Waals surface area contributed by atoms with Gasteiger partial charge in [0.1, 0.15) is 11.5 Å². The van der Waals surface area contributed by atoms with Crippen molar-refractivity contribution in [1.29, 1.82) is 0 Å². The van der Waals surface area contributed by atoms with Gasteiger partial charge in [0.05, 0.1) is 17.1 Å². The van der Waals surface area contributed by atoms with E-state index in [1.807, 2.05) is 44.2 Å². The first kappa shape index (κ1) is 22.8. The number of carbonyl (C=O) groups excluding carboxylic acids is 2. The number of carbonyl (C=O) groups is 2. The summed E-state index contributed by atoms with van der Waals surface area (Å²) in [7, 11) is -3.12. The van der Waals surface area contributed by atoms with Crippen LogP contribution in [-0.2, 0) is 19.4 Å². The van der Waals surface area contributed by atoms with E-state index < -0.39 is 22.4 Å². The highest BCUT2D eigenvalue weighted by Crippen LogP contribution is 2.22. The van der Waals surface area contributed by atoms with E-state index in [1.54, 1.807) is 29.2 Å². The maximum Gasteiger partial charge on any atom is 0.338 e. The lowest BCUT2D eigenvalue weighted by molar-refractivity contribution is -0.137. The summed E-state index contributed by atoms with van der Waals surface area (Å²) >= 11 is 0. The number of hydrogen-bond donors (Lipinski definition) is 0. The van der Waals surface area contributed by atoms with Crippen LogP contribution in [-0.4, -0.2) is 55.9 Å². The van der Waals surface area contributed by atoms with Crippen LogP contribution in [0.25, 0.3) is 0 Å². The Hall–Kier alpha value is -2.87. The Labute approximate surface area is 182 Å². The van der Waals surface area contributed by atoms with Gasteiger partial charge in [0, 0.05) is 12.6 Å². The average molecular weight is 446 g/mol. The number of rotatable bonds is 8. The molecule has 7 nitrogen and oxygen atoms in total. The van der Waals surface area contributed by atoms with Crippen LogP contribution in [0.4, 0.5) is 0 Å². The minimum Gasteiger partial charge on any atom is -0.457 e. The third-order valence-electron chi connectivity index (χ3n) is 4.93. The molecule has 1 aliphatic rings. The quantitative estimate of drug-likeness (QED) is 0.579. The third kappa shape index (κ3) is 6.55. The number of benzene rings is 2. The Kier molecular flexibility index (Phi) is 7.33. The molecule has 1 amide bonds. The highest BCUT2D eigenvalue weighted by Gasteiger charge is 2.35. The molecule has 0 aliphatic carbocycles. The molecule has 31 heavy (non-hydrogen) atoms. The average Bonchev–Trinajstić information content (AvgIpc) is 3.10. The molecule has 3 rings (SSSR count). The topological polar surface area (TPSA) is 90.0 Å². The van der Waals surface area contributed by atoms with Gasteiger partial charge in [-0.05, 0) is 48.7 Å². The number of para-hydroxylation sites is 1. The second-order valence-electron chi connectivity index (χ2n) is 8.01.